The second-order valence-electron chi connectivity index (χ2n) is 5.44. The number of halogens is 1. The third-order valence-electron chi connectivity index (χ3n) is 4.04. The van der Waals surface area contributed by atoms with E-state index in [1.54, 1.807) is 6.07 Å². The zero-order valence-corrected chi connectivity index (χ0v) is 11.6. The fourth-order valence-electron chi connectivity index (χ4n) is 2.90. The van der Waals surface area contributed by atoms with Gasteiger partial charge in [-0.3, -0.25) is 0 Å². The third-order valence-corrected chi connectivity index (χ3v) is 4.04. The molecule has 0 spiro atoms. The van der Waals surface area contributed by atoms with Crippen molar-refractivity contribution in [2.75, 3.05) is 4.90 Å². The van der Waals surface area contributed by atoms with E-state index in [1.165, 1.54) is 11.3 Å². The molecule has 2 aromatic carbocycles. The lowest BCUT2D eigenvalue weighted by atomic mass is 10.1. The summed E-state index contributed by atoms with van der Waals surface area (Å²) in [5.41, 5.74) is 9.67. The highest BCUT2D eigenvalue weighted by molar-refractivity contribution is 5.59. The van der Waals surface area contributed by atoms with Gasteiger partial charge >= 0.3 is 0 Å². The van der Waals surface area contributed by atoms with Crippen molar-refractivity contribution in [3.8, 4) is 0 Å². The number of fused-ring (bicyclic) bond motifs is 1. The van der Waals surface area contributed by atoms with E-state index >= 15 is 0 Å². The van der Waals surface area contributed by atoms with Crippen molar-refractivity contribution in [3.63, 3.8) is 0 Å². The normalized spacial score (nSPS) is 17.4. The highest BCUT2D eigenvalue weighted by atomic mass is 19.1. The molecular weight excluding hydrogens is 251 g/mol. The van der Waals surface area contributed by atoms with Gasteiger partial charge < -0.3 is 10.6 Å². The number of anilines is 1. The van der Waals surface area contributed by atoms with Crippen LogP contribution < -0.4 is 10.6 Å². The van der Waals surface area contributed by atoms with Crippen molar-refractivity contribution in [1.82, 2.24) is 0 Å². The molecule has 3 rings (SSSR count). The van der Waals surface area contributed by atoms with Crippen LogP contribution in [0.4, 0.5) is 10.1 Å². The first-order valence-corrected chi connectivity index (χ1v) is 7.01. The smallest absolute Gasteiger partial charge is 0.128 e. The topological polar surface area (TPSA) is 29.3 Å². The van der Waals surface area contributed by atoms with E-state index < -0.39 is 0 Å². The molecule has 104 valence electrons. The average Bonchev–Trinajstić information content (AvgIpc) is 2.77. The fourth-order valence-corrected chi connectivity index (χ4v) is 2.90. The fraction of sp³-hybridized carbons (Fsp3) is 0.294. The van der Waals surface area contributed by atoms with Crippen molar-refractivity contribution < 1.29 is 4.39 Å². The van der Waals surface area contributed by atoms with Gasteiger partial charge in [0.25, 0.3) is 0 Å². The Kier molecular flexibility index (Phi) is 3.45. The molecule has 3 heteroatoms. The summed E-state index contributed by atoms with van der Waals surface area (Å²) in [7, 11) is 0. The lowest BCUT2D eigenvalue weighted by molar-refractivity contribution is 0.591. The molecule has 0 fully saturated rings. The van der Waals surface area contributed by atoms with Gasteiger partial charge in [0.15, 0.2) is 0 Å². The monoisotopic (exact) mass is 270 g/mol. The predicted molar refractivity (Wildman–Crippen MR) is 80.1 cm³/mol. The van der Waals surface area contributed by atoms with Crippen LogP contribution in [0.15, 0.2) is 42.5 Å². The molecule has 0 amide bonds. The quantitative estimate of drug-likeness (QED) is 0.927. The van der Waals surface area contributed by atoms with Crippen molar-refractivity contribution in [1.29, 1.82) is 0 Å². The molecule has 2 nitrogen and oxygen atoms in total. The van der Waals surface area contributed by atoms with Crippen molar-refractivity contribution in [2.45, 2.75) is 32.5 Å². The molecule has 0 aromatic heterocycles. The first-order chi connectivity index (χ1) is 9.69. The van der Waals surface area contributed by atoms with Gasteiger partial charge in [-0.25, -0.2) is 4.39 Å². The Morgan fingerprint density at radius 3 is 2.80 bits per heavy atom. The molecule has 0 bridgehead atoms. The summed E-state index contributed by atoms with van der Waals surface area (Å²) in [5.74, 6) is -0.162. The van der Waals surface area contributed by atoms with E-state index in [4.69, 9.17) is 5.73 Å². The van der Waals surface area contributed by atoms with Crippen molar-refractivity contribution in [2.24, 2.45) is 5.73 Å². The summed E-state index contributed by atoms with van der Waals surface area (Å²) in [6.07, 6.45) is 1.03. The molecule has 2 aromatic rings. The maximum Gasteiger partial charge on any atom is 0.128 e. The Bertz CT molecular complexity index is 624. The number of hydrogen-bond donors (Lipinski definition) is 1. The van der Waals surface area contributed by atoms with Crippen LogP contribution in [0, 0.1) is 5.82 Å². The molecule has 0 saturated heterocycles. The zero-order valence-electron chi connectivity index (χ0n) is 11.6. The van der Waals surface area contributed by atoms with E-state index in [0.29, 0.717) is 19.1 Å². The number of rotatable bonds is 3. The van der Waals surface area contributed by atoms with Gasteiger partial charge in [-0.2, -0.15) is 0 Å². The minimum absolute atomic E-state index is 0.162. The van der Waals surface area contributed by atoms with Crippen molar-refractivity contribution >= 4 is 5.69 Å². The van der Waals surface area contributed by atoms with Gasteiger partial charge in [-0.1, -0.05) is 30.3 Å². The molecule has 1 heterocycles. The second kappa shape index (κ2) is 5.25. The highest BCUT2D eigenvalue weighted by Crippen LogP contribution is 2.33. The predicted octanol–water partition coefficient (Wildman–Crippen LogP) is 3.24. The number of nitrogens with zero attached hydrogens (tertiary/aromatic N) is 1. The van der Waals surface area contributed by atoms with Gasteiger partial charge in [0.05, 0.1) is 0 Å². The number of benzene rings is 2. The Hall–Kier alpha value is -1.87. The maximum absolute atomic E-state index is 14.1. The molecule has 0 radical (unpaired) electrons. The lowest BCUT2D eigenvalue weighted by Crippen LogP contribution is -2.29. The van der Waals surface area contributed by atoms with E-state index in [2.05, 4.69) is 30.0 Å². The van der Waals surface area contributed by atoms with Gasteiger partial charge in [-0.05, 0) is 36.6 Å². The molecule has 1 atom stereocenters. The van der Waals surface area contributed by atoms with Crippen LogP contribution in [0.5, 0.6) is 0 Å². The molecular formula is C17H19FN2. The molecule has 0 aliphatic carbocycles. The van der Waals surface area contributed by atoms with E-state index in [1.807, 2.05) is 18.2 Å². The Morgan fingerprint density at radius 1 is 1.25 bits per heavy atom. The van der Waals surface area contributed by atoms with Crippen LogP contribution in [0.1, 0.15) is 23.6 Å². The van der Waals surface area contributed by atoms with Crippen molar-refractivity contribution in [3.05, 3.63) is 65.0 Å². The lowest BCUT2D eigenvalue weighted by Gasteiger charge is -2.25. The second-order valence-corrected chi connectivity index (χ2v) is 5.44. The first kappa shape index (κ1) is 13.1. The minimum atomic E-state index is -0.162. The highest BCUT2D eigenvalue weighted by Gasteiger charge is 2.25. The van der Waals surface area contributed by atoms with Gasteiger partial charge in [0.1, 0.15) is 5.82 Å². The van der Waals surface area contributed by atoms with Crippen LogP contribution >= 0.6 is 0 Å². The van der Waals surface area contributed by atoms with Gasteiger partial charge in [0, 0.05) is 30.4 Å². The Balaban J connectivity index is 1.88. The van der Waals surface area contributed by atoms with E-state index in [-0.39, 0.29) is 5.82 Å². The van der Waals surface area contributed by atoms with Crippen LogP contribution in [-0.4, -0.2) is 6.04 Å². The summed E-state index contributed by atoms with van der Waals surface area (Å²) in [4.78, 5) is 2.27. The van der Waals surface area contributed by atoms with Gasteiger partial charge in [-0.15, -0.1) is 0 Å². The number of hydrogen-bond acceptors (Lipinski definition) is 2. The summed E-state index contributed by atoms with van der Waals surface area (Å²) in [6, 6.07) is 14.1. The summed E-state index contributed by atoms with van der Waals surface area (Å²) in [6.45, 7) is 3.17. The zero-order chi connectivity index (χ0) is 14.1. The average molecular weight is 270 g/mol. The van der Waals surface area contributed by atoms with Crippen LogP contribution in [-0.2, 0) is 19.5 Å². The van der Waals surface area contributed by atoms with E-state index in [9.17, 15) is 4.39 Å². The Labute approximate surface area is 119 Å². The molecule has 20 heavy (non-hydrogen) atoms. The first-order valence-electron chi connectivity index (χ1n) is 7.01. The molecule has 1 aliphatic rings. The molecule has 0 saturated carbocycles. The van der Waals surface area contributed by atoms with Crippen LogP contribution in [0.25, 0.3) is 0 Å². The SMILES string of the molecule is CC1Cc2ccccc2N1Cc1ccc(CN)cc1F. The summed E-state index contributed by atoms with van der Waals surface area (Å²) >= 11 is 0. The van der Waals surface area contributed by atoms with E-state index in [0.717, 1.165) is 17.5 Å². The van der Waals surface area contributed by atoms with Crippen LogP contribution in [0.2, 0.25) is 0 Å². The maximum atomic E-state index is 14.1. The molecule has 1 aliphatic heterocycles. The van der Waals surface area contributed by atoms with Gasteiger partial charge in [0.2, 0.25) is 0 Å². The number of nitrogens with two attached hydrogens (primary N) is 1. The molecule has 2 N–H and O–H groups in total. The Morgan fingerprint density at radius 2 is 2.05 bits per heavy atom. The minimum Gasteiger partial charge on any atom is -0.364 e. The molecule has 1 unspecified atom stereocenters. The third kappa shape index (κ3) is 2.29. The number of para-hydroxylation sites is 1. The largest absolute Gasteiger partial charge is 0.364 e. The summed E-state index contributed by atoms with van der Waals surface area (Å²) in [5, 5.41) is 0. The van der Waals surface area contributed by atoms with Crippen LogP contribution in [0.3, 0.4) is 0 Å². The standard InChI is InChI=1S/C17H19FN2/c1-12-8-14-4-2-3-5-17(14)20(12)11-15-7-6-13(10-19)9-16(15)18/h2-7,9,12H,8,10-11,19H2,1H3. The summed E-state index contributed by atoms with van der Waals surface area (Å²) < 4.78 is 14.1.